The lowest BCUT2D eigenvalue weighted by Crippen LogP contribution is -2.36. The van der Waals surface area contributed by atoms with E-state index in [0.29, 0.717) is 11.9 Å². The van der Waals surface area contributed by atoms with E-state index in [0.717, 1.165) is 19.6 Å². The van der Waals surface area contributed by atoms with Crippen molar-refractivity contribution in [1.82, 2.24) is 15.0 Å². The minimum Gasteiger partial charge on any atom is -0.381 e. The highest BCUT2D eigenvalue weighted by Gasteiger charge is 2.22. The van der Waals surface area contributed by atoms with Crippen LogP contribution < -0.4 is 5.32 Å². The fourth-order valence-corrected chi connectivity index (χ4v) is 2.01. The predicted molar refractivity (Wildman–Crippen MR) is 61.9 cm³/mol. The van der Waals surface area contributed by atoms with Gasteiger partial charge >= 0.3 is 0 Å². The molecule has 1 saturated heterocycles. The van der Waals surface area contributed by atoms with Crippen molar-refractivity contribution in [2.45, 2.75) is 19.4 Å². The van der Waals surface area contributed by atoms with Gasteiger partial charge in [-0.2, -0.15) is 15.0 Å². The maximum atomic E-state index is 5.69. The molecule has 16 heavy (non-hydrogen) atoms. The number of anilines is 1. The fraction of sp³-hybridized carbons (Fsp3) is 0.667. The van der Waals surface area contributed by atoms with E-state index in [2.05, 4.69) is 27.2 Å². The number of halogens is 2. The number of nitrogens with zero attached hydrogens (tertiary/aromatic N) is 3. The third-order valence-electron chi connectivity index (χ3n) is 2.54. The lowest BCUT2D eigenvalue weighted by molar-refractivity contribution is 0.0536. The van der Waals surface area contributed by atoms with Gasteiger partial charge in [-0.3, -0.25) is 0 Å². The fourth-order valence-electron chi connectivity index (χ4n) is 1.65. The highest BCUT2D eigenvalue weighted by atomic mass is 35.5. The molecule has 0 radical (unpaired) electrons. The SMILES string of the molecule is C[C@@H]1COCCC1Nc1nc(Cl)nc(Cl)n1. The maximum absolute atomic E-state index is 5.69. The van der Waals surface area contributed by atoms with Gasteiger partial charge in [-0.25, -0.2) is 0 Å². The second-order valence-electron chi connectivity index (χ2n) is 3.79. The van der Waals surface area contributed by atoms with E-state index >= 15 is 0 Å². The molecular weight excluding hydrogens is 251 g/mol. The van der Waals surface area contributed by atoms with E-state index in [-0.39, 0.29) is 16.6 Å². The van der Waals surface area contributed by atoms with Crippen LogP contribution in [0.4, 0.5) is 5.95 Å². The smallest absolute Gasteiger partial charge is 0.228 e. The van der Waals surface area contributed by atoms with Gasteiger partial charge in [0.15, 0.2) is 0 Å². The van der Waals surface area contributed by atoms with Crippen molar-refractivity contribution < 1.29 is 4.74 Å². The molecule has 1 aromatic heterocycles. The maximum Gasteiger partial charge on any atom is 0.228 e. The summed E-state index contributed by atoms with van der Waals surface area (Å²) in [6.45, 7) is 3.60. The second-order valence-corrected chi connectivity index (χ2v) is 4.46. The third kappa shape index (κ3) is 2.93. The van der Waals surface area contributed by atoms with Gasteiger partial charge in [0.2, 0.25) is 16.5 Å². The first-order valence-electron chi connectivity index (χ1n) is 5.06. The first-order valence-corrected chi connectivity index (χ1v) is 5.82. The summed E-state index contributed by atoms with van der Waals surface area (Å²) >= 11 is 11.4. The number of aromatic nitrogens is 3. The Labute approximate surface area is 104 Å². The van der Waals surface area contributed by atoms with Crippen LogP contribution in [0.15, 0.2) is 0 Å². The molecule has 0 saturated carbocycles. The summed E-state index contributed by atoms with van der Waals surface area (Å²) < 4.78 is 5.35. The molecule has 88 valence electrons. The quantitative estimate of drug-likeness (QED) is 0.884. The van der Waals surface area contributed by atoms with Crippen molar-refractivity contribution in [3.05, 3.63) is 10.6 Å². The van der Waals surface area contributed by atoms with Crippen molar-refractivity contribution in [3.8, 4) is 0 Å². The van der Waals surface area contributed by atoms with Crippen LogP contribution in [0.3, 0.4) is 0 Å². The average molecular weight is 263 g/mol. The Morgan fingerprint density at radius 2 is 1.94 bits per heavy atom. The molecule has 0 bridgehead atoms. The van der Waals surface area contributed by atoms with Gasteiger partial charge in [0.25, 0.3) is 0 Å². The summed E-state index contributed by atoms with van der Waals surface area (Å²) in [5, 5.41) is 3.40. The highest BCUT2D eigenvalue weighted by molar-refractivity contribution is 6.31. The van der Waals surface area contributed by atoms with Crippen molar-refractivity contribution in [1.29, 1.82) is 0 Å². The lowest BCUT2D eigenvalue weighted by Gasteiger charge is -2.29. The van der Waals surface area contributed by atoms with Crippen molar-refractivity contribution >= 4 is 29.2 Å². The molecule has 0 amide bonds. The first-order chi connectivity index (χ1) is 7.65. The van der Waals surface area contributed by atoms with Crippen LogP contribution in [-0.4, -0.2) is 34.2 Å². The molecule has 1 unspecified atom stereocenters. The molecule has 1 aliphatic heterocycles. The molecule has 1 N–H and O–H groups in total. The molecule has 0 spiro atoms. The van der Waals surface area contributed by atoms with Gasteiger partial charge < -0.3 is 10.1 Å². The molecule has 7 heteroatoms. The number of ether oxygens (including phenoxy) is 1. The van der Waals surface area contributed by atoms with Gasteiger partial charge in [0, 0.05) is 12.6 Å². The predicted octanol–water partition coefficient (Wildman–Crippen LogP) is 2.02. The van der Waals surface area contributed by atoms with Crippen molar-refractivity contribution in [2.75, 3.05) is 18.5 Å². The molecule has 0 aliphatic carbocycles. The standard InChI is InChI=1S/C9H12Cl2N4O/c1-5-4-16-3-2-6(5)12-9-14-7(10)13-8(11)15-9/h5-6H,2-4H2,1H3,(H,12,13,14,15)/t5-,6?/m1/s1. The Morgan fingerprint density at radius 1 is 1.25 bits per heavy atom. The third-order valence-corrected chi connectivity index (χ3v) is 2.87. The summed E-state index contributed by atoms with van der Waals surface area (Å²) in [6.07, 6.45) is 0.919. The summed E-state index contributed by atoms with van der Waals surface area (Å²) in [7, 11) is 0. The van der Waals surface area contributed by atoms with Crippen LogP contribution in [0.1, 0.15) is 13.3 Å². The van der Waals surface area contributed by atoms with Gasteiger partial charge in [-0.05, 0) is 35.5 Å². The van der Waals surface area contributed by atoms with Gasteiger partial charge in [0.05, 0.1) is 6.61 Å². The molecule has 2 heterocycles. The van der Waals surface area contributed by atoms with Crippen LogP contribution in [-0.2, 0) is 4.74 Å². The van der Waals surface area contributed by atoms with Gasteiger partial charge in [-0.15, -0.1) is 0 Å². The molecule has 2 rings (SSSR count). The van der Waals surface area contributed by atoms with Gasteiger partial charge in [-0.1, -0.05) is 6.92 Å². The van der Waals surface area contributed by atoms with E-state index in [1.54, 1.807) is 0 Å². The summed E-state index contributed by atoms with van der Waals surface area (Å²) in [4.78, 5) is 11.6. The molecule has 0 aromatic carbocycles. The minimum atomic E-state index is 0.0993. The zero-order valence-corrected chi connectivity index (χ0v) is 10.3. The van der Waals surface area contributed by atoms with E-state index in [1.165, 1.54) is 0 Å². The van der Waals surface area contributed by atoms with Crippen molar-refractivity contribution in [3.63, 3.8) is 0 Å². The second kappa shape index (κ2) is 5.12. The van der Waals surface area contributed by atoms with E-state index in [4.69, 9.17) is 27.9 Å². The number of rotatable bonds is 2. The number of hydrogen-bond donors (Lipinski definition) is 1. The molecule has 5 nitrogen and oxygen atoms in total. The van der Waals surface area contributed by atoms with E-state index < -0.39 is 0 Å². The average Bonchev–Trinajstić information content (AvgIpc) is 2.20. The molecule has 1 fully saturated rings. The number of hydrogen-bond acceptors (Lipinski definition) is 5. The zero-order chi connectivity index (χ0) is 11.5. The minimum absolute atomic E-state index is 0.0993. The lowest BCUT2D eigenvalue weighted by atomic mass is 9.98. The summed E-state index contributed by atoms with van der Waals surface area (Å²) in [5.74, 6) is 0.826. The Bertz CT molecular complexity index is 356. The largest absolute Gasteiger partial charge is 0.381 e. The van der Waals surface area contributed by atoms with Crippen LogP contribution in [0.5, 0.6) is 0 Å². The molecular formula is C9H12Cl2N4O. The van der Waals surface area contributed by atoms with Crippen LogP contribution in [0, 0.1) is 5.92 Å². The topological polar surface area (TPSA) is 59.9 Å². The van der Waals surface area contributed by atoms with Crippen molar-refractivity contribution in [2.24, 2.45) is 5.92 Å². The van der Waals surface area contributed by atoms with Crippen LogP contribution in [0.2, 0.25) is 10.6 Å². The Balaban J connectivity index is 2.07. The number of nitrogens with one attached hydrogen (secondary N) is 1. The summed E-state index contributed by atoms with van der Waals surface area (Å²) in [5.41, 5.74) is 0. The van der Waals surface area contributed by atoms with Gasteiger partial charge in [0.1, 0.15) is 0 Å². The Morgan fingerprint density at radius 3 is 2.56 bits per heavy atom. The van der Waals surface area contributed by atoms with Crippen LogP contribution >= 0.6 is 23.2 Å². The highest BCUT2D eigenvalue weighted by Crippen LogP contribution is 2.18. The molecule has 2 atom stereocenters. The monoisotopic (exact) mass is 262 g/mol. The molecule has 1 aliphatic rings. The van der Waals surface area contributed by atoms with E-state index in [9.17, 15) is 0 Å². The Hall–Kier alpha value is -0.650. The summed E-state index contributed by atoms with van der Waals surface area (Å²) in [6, 6.07) is 0.281. The Kier molecular flexibility index (Phi) is 3.78. The van der Waals surface area contributed by atoms with E-state index in [1.807, 2.05) is 0 Å². The van der Waals surface area contributed by atoms with Crippen LogP contribution in [0.25, 0.3) is 0 Å². The molecule has 1 aromatic rings. The normalized spacial score (nSPS) is 25.4. The zero-order valence-electron chi connectivity index (χ0n) is 8.78. The first kappa shape index (κ1) is 11.8.